The van der Waals surface area contributed by atoms with Crippen LogP contribution in [0, 0.1) is 0 Å². The molecule has 0 spiro atoms. The maximum absolute atomic E-state index is 10.7. The van der Waals surface area contributed by atoms with Crippen LogP contribution in [0.4, 0.5) is 0 Å². The molecule has 0 atom stereocenters. The van der Waals surface area contributed by atoms with Crippen molar-refractivity contribution in [3.05, 3.63) is 35.4 Å². The first-order valence-electron chi connectivity index (χ1n) is 5.21. The average Bonchev–Trinajstić information content (AvgIpc) is 2.14. The third kappa shape index (κ3) is 4.08. The van der Waals surface area contributed by atoms with Crippen molar-refractivity contribution < 1.29 is 4.79 Å². The molecule has 0 fully saturated rings. The Balaban J connectivity index is 2.69. The van der Waals surface area contributed by atoms with Crippen molar-refractivity contribution in [2.45, 2.75) is 39.0 Å². The van der Waals surface area contributed by atoms with Crippen LogP contribution in [0.2, 0.25) is 0 Å². The molecule has 0 heterocycles. The second kappa shape index (κ2) is 4.84. The lowest BCUT2D eigenvalue weighted by Crippen LogP contribution is -2.10. The van der Waals surface area contributed by atoms with E-state index in [1.54, 1.807) is 0 Å². The molecule has 0 saturated heterocycles. The van der Waals surface area contributed by atoms with E-state index >= 15 is 0 Å². The highest BCUT2D eigenvalue weighted by atomic mass is 32.1. The third-order valence-electron chi connectivity index (χ3n) is 2.45. The predicted molar refractivity (Wildman–Crippen MR) is 67.5 cm³/mol. The Labute approximate surface area is 97.3 Å². The molecule has 1 rings (SSSR count). The molecular weight excluding hydrogens is 204 g/mol. The van der Waals surface area contributed by atoms with Crippen LogP contribution in [0.1, 0.15) is 38.3 Å². The first-order chi connectivity index (χ1) is 6.89. The van der Waals surface area contributed by atoms with Gasteiger partial charge in [0.05, 0.1) is 0 Å². The highest BCUT2D eigenvalue weighted by Gasteiger charge is 2.12. The quantitative estimate of drug-likeness (QED) is 0.776. The van der Waals surface area contributed by atoms with Gasteiger partial charge in [0.25, 0.3) is 0 Å². The molecule has 2 heteroatoms. The van der Waals surface area contributed by atoms with Gasteiger partial charge in [0.15, 0.2) is 5.12 Å². The van der Waals surface area contributed by atoms with Crippen LogP contribution in [0.25, 0.3) is 0 Å². The van der Waals surface area contributed by atoms with Gasteiger partial charge in [-0.1, -0.05) is 45.0 Å². The standard InChI is InChI=1S/C13H18OS/c1-13(2,3)11-7-4-10(5-8-11)6-9-12(14)15/h4-5,7-8H,6,9H2,1-3H3,(H,14,15). The Morgan fingerprint density at radius 2 is 1.73 bits per heavy atom. The van der Waals surface area contributed by atoms with Crippen molar-refractivity contribution >= 4 is 17.7 Å². The number of benzene rings is 1. The summed E-state index contributed by atoms with van der Waals surface area (Å²) in [6.45, 7) is 6.58. The lowest BCUT2D eigenvalue weighted by atomic mass is 9.86. The highest BCUT2D eigenvalue weighted by molar-refractivity contribution is 7.96. The van der Waals surface area contributed by atoms with Crippen molar-refractivity contribution in [1.29, 1.82) is 0 Å². The number of carbonyl (C=O) groups excluding carboxylic acids is 1. The molecule has 0 N–H and O–H groups in total. The van der Waals surface area contributed by atoms with E-state index in [2.05, 4.69) is 57.7 Å². The third-order valence-corrected chi connectivity index (χ3v) is 2.67. The lowest BCUT2D eigenvalue weighted by molar-refractivity contribution is -0.110. The largest absolute Gasteiger partial charge is 0.287 e. The summed E-state index contributed by atoms with van der Waals surface area (Å²) in [4.78, 5) is 10.7. The van der Waals surface area contributed by atoms with Crippen molar-refractivity contribution in [3.8, 4) is 0 Å². The zero-order valence-corrected chi connectivity index (χ0v) is 10.5. The molecule has 1 aromatic carbocycles. The maximum Gasteiger partial charge on any atom is 0.186 e. The number of hydrogen-bond donors (Lipinski definition) is 1. The molecule has 0 saturated carbocycles. The summed E-state index contributed by atoms with van der Waals surface area (Å²) in [5.74, 6) is 0. The lowest BCUT2D eigenvalue weighted by Gasteiger charge is -2.19. The fourth-order valence-electron chi connectivity index (χ4n) is 1.42. The van der Waals surface area contributed by atoms with Crippen LogP contribution in [0.3, 0.4) is 0 Å². The van der Waals surface area contributed by atoms with Crippen LogP contribution >= 0.6 is 12.6 Å². The number of hydrogen-bond acceptors (Lipinski definition) is 1. The molecule has 0 radical (unpaired) electrons. The van der Waals surface area contributed by atoms with Gasteiger partial charge in [0.1, 0.15) is 0 Å². The van der Waals surface area contributed by atoms with Gasteiger partial charge < -0.3 is 0 Å². The number of thiol groups is 1. The van der Waals surface area contributed by atoms with Crippen molar-refractivity contribution in [1.82, 2.24) is 0 Å². The normalized spacial score (nSPS) is 11.5. The van der Waals surface area contributed by atoms with Crippen molar-refractivity contribution in [2.24, 2.45) is 0 Å². The summed E-state index contributed by atoms with van der Waals surface area (Å²) >= 11 is 3.76. The van der Waals surface area contributed by atoms with Gasteiger partial charge in [-0.15, -0.1) is 12.6 Å². The van der Waals surface area contributed by atoms with Crippen LogP contribution in [0.5, 0.6) is 0 Å². The van der Waals surface area contributed by atoms with E-state index in [9.17, 15) is 4.79 Å². The van der Waals surface area contributed by atoms with Crippen LogP contribution in [-0.4, -0.2) is 5.12 Å². The number of aryl methyl sites for hydroxylation is 1. The molecule has 0 unspecified atom stereocenters. The molecule has 1 aromatic rings. The summed E-state index contributed by atoms with van der Waals surface area (Å²) in [5.41, 5.74) is 2.71. The fraction of sp³-hybridized carbons (Fsp3) is 0.462. The first-order valence-corrected chi connectivity index (χ1v) is 5.65. The minimum atomic E-state index is -0.0464. The molecular formula is C13H18OS. The molecule has 0 amide bonds. The molecule has 82 valence electrons. The van der Waals surface area contributed by atoms with Gasteiger partial charge in [-0.25, -0.2) is 0 Å². The number of carbonyl (C=O) groups is 1. The molecule has 0 bridgehead atoms. The molecule has 0 aliphatic heterocycles. The Morgan fingerprint density at radius 1 is 1.20 bits per heavy atom. The molecule has 0 aliphatic carbocycles. The summed E-state index contributed by atoms with van der Waals surface area (Å²) in [7, 11) is 0. The van der Waals surface area contributed by atoms with E-state index in [-0.39, 0.29) is 10.5 Å². The Bertz CT molecular complexity index is 333. The average molecular weight is 222 g/mol. The molecule has 15 heavy (non-hydrogen) atoms. The van der Waals surface area contributed by atoms with Gasteiger partial charge in [-0.2, -0.15) is 0 Å². The van der Waals surface area contributed by atoms with Crippen molar-refractivity contribution in [3.63, 3.8) is 0 Å². The maximum atomic E-state index is 10.7. The van der Waals surface area contributed by atoms with Gasteiger partial charge in [0, 0.05) is 6.42 Å². The van der Waals surface area contributed by atoms with E-state index in [0.29, 0.717) is 6.42 Å². The minimum absolute atomic E-state index is 0.0464. The van der Waals surface area contributed by atoms with Gasteiger partial charge in [0.2, 0.25) is 0 Å². The van der Waals surface area contributed by atoms with Crippen LogP contribution < -0.4 is 0 Å². The Morgan fingerprint density at radius 3 is 2.13 bits per heavy atom. The second-order valence-corrected chi connectivity index (χ2v) is 5.34. The summed E-state index contributed by atoms with van der Waals surface area (Å²) in [5, 5.41) is -0.0464. The van der Waals surface area contributed by atoms with E-state index in [1.165, 1.54) is 11.1 Å². The topological polar surface area (TPSA) is 17.1 Å². The number of rotatable bonds is 3. The fourth-order valence-corrected chi connectivity index (χ4v) is 1.53. The summed E-state index contributed by atoms with van der Waals surface area (Å²) < 4.78 is 0. The summed E-state index contributed by atoms with van der Waals surface area (Å²) in [6.07, 6.45) is 1.30. The smallest absolute Gasteiger partial charge is 0.186 e. The van der Waals surface area contributed by atoms with Crippen molar-refractivity contribution in [2.75, 3.05) is 0 Å². The molecule has 0 aliphatic rings. The zero-order chi connectivity index (χ0) is 11.5. The van der Waals surface area contributed by atoms with Crippen LogP contribution in [0.15, 0.2) is 24.3 Å². The molecule has 1 nitrogen and oxygen atoms in total. The van der Waals surface area contributed by atoms with E-state index in [4.69, 9.17) is 0 Å². The van der Waals surface area contributed by atoms with E-state index in [0.717, 1.165) is 6.42 Å². The Kier molecular flexibility index (Phi) is 3.97. The zero-order valence-electron chi connectivity index (χ0n) is 9.58. The second-order valence-electron chi connectivity index (χ2n) is 4.84. The minimum Gasteiger partial charge on any atom is -0.287 e. The van der Waals surface area contributed by atoms with E-state index in [1.807, 2.05) is 0 Å². The van der Waals surface area contributed by atoms with Gasteiger partial charge in [-0.05, 0) is 23.0 Å². The highest BCUT2D eigenvalue weighted by Crippen LogP contribution is 2.22. The molecule has 0 aromatic heterocycles. The SMILES string of the molecule is CC(C)(C)c1ccc(CCC(=O)S)cc1. The monoisotopic (exact) mass is 222 g/mol. The van der Waals surface area contributed by atoms with Gasteiger partial charge in [-0.3, -0.25) is 4.79 Å². The first kappa shape index (κ1) is 12.3. The Hall–Kier alpha value is -0.760. The predicted octanol–water partition coefficient (Wildman–Crippen LogP) is 3.37. The van der Waals surface area contributed by atoms with Crippen LogP contribution in [-0.2, 0) is 16.6 Å². The summed E-state index contributed by atoms with van der Waals surface area (Å²) in [6, 6.07) is 8.46. The van der Waals surface area contributed by atoms with Gasteiger partial charge >= 0.3 is 0 Å². The van der Waals surface area contributed by atoms with E-state index < -0.39 is 0 Å².